The molecule has 1 fully saturated rings. The number of para-hydroxylation sites is 1. The van der Waals surface area contributed by atoms with Crippen LogP contribution >= 0.6 is 0 Å². The van der Waals surface area contributed by atoms with Gasteiger partial charge in [0, 0.05) is 31.2 Å². The summed E-state index contributed by atoms with van der Waals surface area (Å²) in [5.74, 6) is 0.952. The molecule has 1 aliphatic rings. The number of nitrogens with one attached hydrogen (secondary N) is 1. The molecule has 1 aliphatic heterocycles. The fourth-order valence-corrected chi connectivity index (χ4v) is 2.69. The van der Waals surface area contributed by atoms with Crippen LogP contribution in [0.3, 0.4) is 0 Å². The number of ether oxygens (including phenoxy) is 2. The molecule has 20 heavy (non-hydrogen) atoms. The van der Waals surface area contributed by atoms with Crippen LogP contribution in [0.25, 0.3) is 0 Å². The second-order valence-electron chi connectivity index (χ2n) is 5.37. The largest absolute Gasteiger partial charge is 0.496 e. The smallest absolute Gasteiger partial charge is 0.123 e. The highest BCUT2D eigenvalue weighted by Crippen LogP contribution is 2.26. The fraction of sp³-hybridized carbons (Fsp3) is 0.625. The molecule has 0 saturated carbocycles. The van der Waals surface area contributed by atoms with Crippen molar-refractivity contribution in [3.63, 3.8) is 0 Å². The highest BCUT2D eigenvalue weighted by atomic mass is 16.5. The highest BCUT2D eigenvalue weighted by molar-refractivity contribution is 5.35. The highest BCUT2D eigenvalue weighted by Gasteiger charge is 2.20. The molecule has 0 aliphatic carbocycles. The van der Waals surface area contributed by atoms with Crippen molar-refractivity contribution in [1.82, 2.24) is 10.2 Å². The van der Waals surface area contributed by atoms with E-state index in [9.17, 15) is 0 Å². The van der Waals surface area contributed by atoms with E-state index in [1.807, 2.05) is 12.1 Å². The lowest BCUT2D eigenvalue weighted by Crippen LogP contribution is -2.45. The Labute approximate surface area is 122 Å². The summed E-state index contributed by atoms with van der Waals surface area (Å²) in [5.41, 5.74) is 1.22. The van der Waals surface area contributed by atoms with Crippen LogP contribution in [-0.4, -0.2) is 51.4 Å². The number of rotatable bonds is 6. The molecular weight excluding hydrogens is 252 g/mol. The Bertz CT molecular complexity index is 411. The summed E-state index contributed by atoms with van der Waals surface area (Å²) < 4.78 is 11.3. The van der Waals surface area contributed by atoms with Gasteiger partial charge in [-0.3, -0.25) is 0 Å². The Morgan fingerprint density at radius 2 is 2.25 bits per heavy atom. The molecule has 1 saturated heterocycles. The van der Waals surface area contributed by atoms with E-state index in [-0.39, 0.29) is 6.10 Å². The Hall–Kier alpha value is -1.10. The number of morpholine rings is 1. The molecule has 0 amide bonds. The second-order valence-corrected chi connectivity index (χ2v) is 5.37. The van der Waals surface area contributed by atoms with E-state index in [2.05, 4.69) is 36.3 Å². The van der Waals surface area contributed by atoms with Gasteiger partial charge in [-0.15, -0.1) is 0 Å². The van der Waals surface area contributed by atoms with E-state index >= 15 is 0 Å². The van der Waals surface area contributed by atoms with Gasteiger partial charge in [-0.05, 0) is 19.5 Å². The third kappa shape index (κ3) is 3.95. The summed E-state index contributed by atoms with van der Waals surface area (Å²) in [6.07, 6.45) is 1.31. The SMILES string of the molecule is CCC(NCC1CN(C)CCO1)c1ccccc1OC. The molecule has 1 N–H and O–H groups in total. The zero-order valence-electron chi connectivity index (χ0n) is 12.8. The summed E-state index contributed by atoms with van der Waals surface area (Å²) in [6, 6.07) is 8.53. The molecule has 4 nitrogen and oxygen atoms in total. The predicted molar refractivity (Wildman–Crippen MR) is 81.3 cm³/mol. The Balaban J connectivity index is 1.95. The van der Waals surface area contributed by atoms with Gasteiger partial charge in [0.15, 0.2) is 0 Å². The van der Waals surface area contributed by atoms with Crippen molar-refractivity contribution < 1.29 is 9.47 Å². The van der Waals surface area contributed by atoms with Gasteiger partial charge >= 0.3 is 0 Å². The first-order valence-corrected chi connectivity index (χ1v) is 7.41. The van der Waals surface area contributed by atoms with Gasteiger partial charge in [-0.25, -0.2) is 0 Å². The van der Waals surface area contributed by atoms with Gasteiger partial charge in [-0.1, -0.05) is 25.1 Å². The molecule has 0 spiro atoms. The van der Waals surface area contributed by atoms with Crippen LogP contribution in [0, 0.1) is 0 Å². The monoisotopic (exact) mass is 278 g/mol. The van der Waals surface area contributed by atoms with Crippen molar-refractivity contribution in [1.29, 1.82) is 0 Å². The van der Waals surface area contributed by atoms with Gasteiger partial charge < -0.3 is 19.7 Å². The first-order valence-electron chi connectivity index (χ1n) is 7.41. The Morgan fingerprint density at radius 1 is 1.45 bits per heavy atom. The van der Waals surface area contributed by atoms with Crippen LogP contribution in [-0.2, 0) is 4.74 Å². The maximum atomic E-state index is 5.80. The fourth-order valence-electron chi connectivity index (χ4n) is 2.69. The van der Waals surface area contributed by atoms with E-state index in [4.69, 9.17) is 9.47 Å². The van der Waals surface area contributed by atoms with Gasteiger partial charge in [-0.2, -0.15) is 0 Å². The third-order valence-electron chi connectivity index (χ3n) is 3.86. The van der Waals surface area contributed by atoms with Crippen LogP contribution in [0.15, 0.2) is 24.3 Å². The summed E-state index contributed by atoms with van der Waals surface area (Å²) in [4.78, 5) is 2.32. The van der Waals surface area contributed by atoms with Crippen molar-refractivity contribution in [3.05, 3.63) is 29.8 Å². The quantitative estimate of drug-likeness (QED) is 0.863. The Kier molecular flexibility index (Phi) is 5.83. The van der Waals surface area contributed by atoms with Crippen LogP contribution < -0.4 is 10.1 Å². The lowest BCUT2D eigenvalue weighted by Gasteiger charge is -2.31. The zero-order chi connectivity index (χ0) is 14.4. The number of hydrogen-bond donors (Lipinski definition) is 1. The maximum Gasteiger partial charge on any atom is 0.123 e. The molecule has 4 heteroatoms. The summed E-state index contributed by atoms with van der Waals surface area (Å²) in [7, 11) is 3.87. The van der Waals surface area contributed by atoms with Crippen LogP contribution in [0.1, 0.15) is 24.9 Å². The second kappa shape index (κ2) is 7.62. The molecule has 0 bridgehead atoms. The summed E-state index contributed by atoms with van der Waals surface area (Å²) in [5, 5.41) is 3.62. The molecule has 0 aromatic heterocycles. The van der Waals surface area contributed by atoms with E-state index in [1.54, 1.807) is 7.11 Å². The minimum Gasteiger partial charge on any atom is -0.496 e. The van der Waals surface area contributed by atoms with Crippen molar-refractivity contribution in [2.75, 3.05) is 40.4 Å². The van der Waals surface area contributed by atoms with Gasteiger partial charge in [0.05, 0.1) is 19.8 Å². The van der Waals surface area contributed by atoms with E-state index in [0.717, 1.165) is 38.4 Å². The first-order chi connectivity index (χ1) is 9.74. The van der Waals surface area contributed by atoms with E-state index in [0.29, 0.717) is 6.04 Å². The molecule has 1 heterocycles. The molecule has 1 aromatic carbocycles. The molecule has 0 radical (unpaired) electrons. The summed E-state index contributed by atoms with van der Waals surface area (Å²) in [6.45, 7) is 5.92. The zero-order valence-corrected chi connectivity index (χ0v) is 12.8. The van der Waals surface area contributed by atoms with Crippen LogP contribution in [0.2, 0.25) is 0 Å². The van der Waals surface area contributed by atoms with Gasteiger partial charge in [0.2, 0.25) is 0 Å². The number of benzene rings is 1. The number of hydrogen-bond acceptors (Lipinski definition) is 4. The van der Waals surface area contributed by atoms with E-state index in [1.165, 1.54) is 5.56 Å². The summed E-state index contributed by atoms with van der Waals surface area (Å²) >= 11 is 0. The number of likely N-dealkylation sites (N-methyl/N-ethyl adjacent to an activating group) is 1. The Morgan fingerprint density at radius 3 is 2.95 bits per heavy atom. The predicted octanol–water partition coefficient (Wildman–Crippen LogP) is 2.07. The average Bonchev–Trinajstić information content (AvgIpc) is 2.48. The van der Waals surface area contributed by atoms with Crippen LogP contribution in [0.4, 0.5) is 0 Å². The molecule has 2 rings (SSSR count). The lowest BCUT2D eigenvalue weighted by atomic mass is 10.0. The number of methoxy groups -OCH3 is 1. The minimum absolute atomic E-state index is 0.275. The normalized spacial score (nSPS) is 21.6. The number of nitrogens with zero attached hydrogens (tertiary/aromatic N) is 1. The van der Waals surface area contributed by atoms with Crippen molar-refractivity contribution >= 4 is 0 Å². The van der Waals surface area contributed by atoms with Gasteiger partial charge in [0.1, 0.15) is 5.75 Å². The average molecular weight is 278 g/mol. The van der Waals surface area contributed by atoms with Crippen molar-refractivity contribution in [2.24, 2.45) is 0 Å². The van der Waals surface area contributed by atoms with Gasteiger partial charge in [0.25, 0.3) is 0 Å². The van der Waals surface area contributed by atoms with Crippen molar-refractivity contribution in [3.8, 4) is 5.75 Å². The minimum atomic E-state index is 0.275. The first kappa shape index (κ1) is 15.3. The standard InChI is InChI=1S/C16H26N2O2/c1-4-15(14-7-5-6-8-16(14)19-3)17-11-13-12-18(2)9-10-20-13/h5-8,13,15,17H,4,9-12H2,1-3H3. The molecule has 2 unspecified atom stereocenters. The van der Waals surface area contributed by atoms with Crippen molar-refractivity contribution in [2.45, 2.75) is 25.5 Å². The topological polar surface area (TPSA) is 33.7 Å². The molecule has 112 valence electrons. The lowest BCUT2D eigenvalue weighted by molar-refractivity contribution is -0.0193. The maximum absolute atomic E-state index is 5.80. The molecular formula is C16H26N2O2. The third-order valence-corrected chi connectivity index (χ3v) is 3.86. The van der Waals surface area contributed by atoms with E-state index < -0.39 is 0 Å². The molecule has 1 aromatic rings. The molecule has 2 atom stereocenters. The van der Waals surface area contributed by atoms with Crippen LogP contribution in [0.5, 0.6) is 5.75 Å².